The molecule has 1 heterocycles. The van der Waals surface area contributed by atoms with Crippen molar-refractivity contribution in [1.82, 2.24) is 9.97 Å². The summed E-state index contributed by atoms with van der Waals surface area (Å²) in [6, 6.07) is 14.4. The molecule has 1 saturated carbocycles. The highest BCUT2D eigenvalue weighted by Gasteiger charge is 2.16. The van der Waals surface area contributed by atoms with Crippen LogP contribution in [0.25, 0.3) is 10.9 Å². The van der Waals surface area contributed by atoms with Gasteiger partial charge in [0, 0.05) is 28.7 Å². The molecular formula is C23H27ClN4O. The van der Waals surface area contributed by atoms with Crippen LogP contribution in [0.4, 0.5) is 17.5 Å². The first-order valence-corrected chi connectivity index (χ1v) is 10.8. The van der Waals surface area contributed by atoms with Crippen LogP contribution in [-0.2, 0) is 6.42 Å². The van der Waals surface area contributed by atoms with E-state index in [9.17, 15) is 0 Å². The van der Waals surface area contributed by atoms with Crippen molar-refractivity contribution in [3.05, 3.63) is 53.1 Å². The van der Waals surface area contributed by atoms with E-state index in [1.165, 1.54) is 37.7 Å². The fraction of sp³-hybridized carbons (Fsp3) is 0.391. The smallest absolute Gasteiger partial charge is 0.229 e. The van der Waals surface area contributed by atoms with Crippen molar-refractivity contribution in [3.63, 3.8) is 0 Å². The number of fused-ring (bicyclic) bond motifs is 1. The van der Waals surface area contributed by atoms with Crippen LogP contribution >= 0.6 is 11.6 Å². The van der Waals surface area contributed by atoms with E-state index in [1.54, 1.807) is 0 Å². The molecule has 1 aromatic heterocycles. The normalized spacial score (nSPS) is 14.8. The fourth-order valence-electron chi connectivity index (χ4n) is 3.87. The summed E-state index contributed by atoms with van der Waals surface area (Å²) in [7, 11) is 0. The number of aryl methyl sites for hydroxylation is 1. The first-order valence-electron chi connectivity index (χ1n) is 10.4. The summed E-state index contributed by atoms with van der Waals surface area (Å²) in [6.45, 7) is 0.214. The standard InChI is InChI=1S/C23H27ClN4O/c24-17-10-13-21-20(15-17)22(25-18-6-2-1-3-7-18)28-23(27-21)26-19-11-8-16(9-12-19)5-4-14-29/h8-13,15,18,29H,1-7,14H2,(H2,25,26,27,28). The van der Waals surface area contributed by atoms with E-state index in [0.717, 1.165) is 35.2 Å². The maximum atomic E-state index is 8.98. The van der Waals surface area contributed by atoms with E-state index in [2.05, 4.69) is 27.8 Å². The van der Waals surface area contributed by atoms with Crippen molar-refractivity contribution < 1.29 is 5.11 Å². The zero-order valence-corrected chi connectivity index (χ0v) is 17.3. The van der Waals surface area contributed by atoms with Crippen molar-refractivity contribution in [3.8, 4) is 0 Å². The number of aromatic nitrogens is 2. The molecule has 0 saturated heterocycles. The molecule has 6 heteroatoms. The van der Waals surface area contributed by atoms with Crippen molar-refractivity contribution in [2.45, 2.75) is 51.0 Å². The van der Waals surface area contributed by atoms with Crippen molar-refractivity contribution >= 4 is 40.0 Å². The van der Waals surface area contributed by atoms with E-state index in [4.69, 9.17) is 21.7 Å². The van der Waals surface area contributed by atoms with Gasteiger partial charge in [0.1, 0.15) is 5.82 Å². The topological polar surface area (TPSA) is 70.1 Å². The summed E-state index contributed by atoms with van der Waals surface area (Å²) < 4.78 is 0. The molecule has 5 nitrogen and oxygen atoms in total. The summed E-state index contributed by atoms with van der Waals surface area (Å²) in [5.74, 6) is 1.41. The number of halogens is 1. The van der Waals surface area contributed by atoms with Gasteiger partial charge in [0.05, 0.1) is 5.52 Å². The Kier molecular flexibility index (Phi) is 6.47. The molecule has 29 heavy (non-hydrogen) atoms. The van der Waals surface area contributed by atoms with Gasteiger partial charge in [-0.15, -0.1) is 0 Å². The molecule has 1 aliphatic rings. The zero-order valence-electron chi connectivity index (χ0n) is 16.5. The molecular weight excluding hydrogens is 384 g/mol. The molecule has 0 spiro atoms. The number of hydrogen-bond donors (Lipinski definition) is 3. The third-order valence-corrected chi connectivity index (χ3v) is 5.67. The van der Waals surface area contributed by atoms with Gasteiger partial charge in [0.15, 0.2) is 0 Å². The second kappa shape index (κ2) is 9.42. The van der Waals surface area contributed by atoms with E-state index in [-0.39, 0.29) is 6.61 Å². The summed E-state index contributed by atoms with van der Waals surface area (Å²) in [5.41, 5.74) is 3.01. The largest absolute Gasteiger partial charge is 0.396 e. The molecule has 1 aliphatic carbocycles. The Morgan fingerprint density at radius 1 is 1.00 bits per heavy atom. The first kappa shape index (κ1) is 19.9. The number of nitrogens with zero attached hydrogens (tertiary/aromatic N) is 2. The SMILES string of the molecule is OCCCc1ccc(Nc2nc(NC3CCCCC3)c3cc(Cl)ccc3n2)cc1. The quantitative estimate of drug-likeness (QED) is 0.466. The number of benzene rings is 2. The van der Waals surface area contributed by atoms with Gasteiger partial charge in [-0.1, -0.05) is 43.0 Å². The highest BCUT2D eigenvalue weighted by Crippen LogP contribution is 2.29. The molecule has 0 bridgehead atoms. The fourth-order valence-corrected chi connectivity index (χ4v) is 4.05. The number of aliphatic hydroxyl groups excluding tert-OH is 1. The maximum Gasteiger partial charge on any atom is 0.229 e. The number of nitrogens with one attached hydrogen (secondary N) is 2. The predicted molar refractivity (Wildman–Crippen MR) is 120 cm³/mol. The van der Waals surface area contributed by atoms with Crippen LogP contribution in [-0.4, -0.2) is 27.7 Å². The van der Waals surface area contributed by atoms with Gasteiger partial charge in [-0.2, -0.15) is 4.98 Å². The first-order chi connectivity index (χ1) is 14.2. The average molecular weight is 411 g/mol. The van der Waals surface area contributed by atoms with E-state index in [0.29, 0.717) is 17.0 Å². The van der Waals surface area contributed by atoms with Gasteiger partial charge in [-0.25, -0.2) is 4.98 Å². The molecule has 0 amide bonds. The molecule has 152 valence electrons. The Hall–Kier alpha value is -2.37. The molecule has 0 aliphatic heterocycles. The Balaban J connectivity index is 1.59. The lowest BCUT2D eigenvalue weighted by Crippen LogP contribution is -2.23. The minimum Gasteiger partial charge on any atom is -0.396 e. The number of hydrogen-bond acceptors (Lipinski definition) is 5. The lowest BCUT2D eigenvalue weighted by molar-refractivity contribution is 0.288. The predicted octanol–water partition coefficient (Wildman–Crippen LogP) is 5.70. The van der Waals surface area contributed by atoms with Gasteiger partial charge in [-0.05, 0) is 61.6 Å². The lowest BCUT2D eigenvalue weighted by atomic mass is 9.95. The van der Waals surface area contributed by atoms with Crippen LogP contribution in [0.15, 0.2) is 42.5 Å². The Bertz CT molecular complexity index is 955. The monoisotopic (exact) mass is 410 g/mol. The summed E-state index contributed by atoms with van der Waals surface area (Å²) in [4.78, 5) is 9.46. The maximum absolute atomic E-state index is 8.98. The van der Waals surface area contributed by atoms with Crippen molar-refractivity contribution in [2.24, 2.45) is 0 Å². The molecule has 3 aromatic rings. The second-order valence-electron chi connectivity index (χ2n) is 7.69. The highest BCUT2D eigenvalue weighted by atomic mass is 35.5. The average Bonchev–Trinajstić information content (AvgIpc) is 2.74. The number of anilines is 3. The minimum absolute atomic E-state index is 0.214. The second-order valence-corrected chi connectivity index (χ2v) is 8.12. The molecule has 4 rings (SSSR count). The summed E-state index contributed by atoms with van der Waals surface area (Å²) in [5, 5.41) is 17.6. The molecule has 0 radical (unpaired) electrons. The van der Waals surface area contributed by atoms with Gasteiger partial charge < -0.3 is 15.7 Å². The van der Waals surface area contributed by atoms with Gasteiger partial charge in [-0.3, -0.25) is 0 Å². The highest BCUT2D eigenvalue weighted by molar-refractivity contribution is 6.31. The van der Waals surface area contributed by atoms with Gasteiger partial charge >= 0.3 is 0 Å². The molecule has 3 N–H and O–H groups in total. The molecule has 1 fully saturated rings. The van der Waals surface area contributed by atoms with Crippen LogP contribution in [0.3, 0.4) is 0 Å². The van der Waals surface area contributed by atoms with Gasteiger partial charge in [0.25, 0.3) is 0 Å². The van der Waals surface area contributed by atoms with Crippen LogP contribution in [0.5, 0.6) is 0 Å². The van der Waals surface area contributed by atoms with Crippen LogP contribution in [0.2, 0.25) is 5.02 Å². The number of rotatable bonds is 7. The van der Waals surface area contributed by atoms with Crippen LogP contribution in [0, 0.1) is 0 Å². The van der Waals surface area contributed by atoms with E-state index < -0.39 is 0 Å². The Morgan fingerprint density at radius 3 is 2.55 bits per heavy atom. The van der Waals surface area contributed by atoms with Crippen LogP contribution < -0.4 is 10.6 Å². The Morgan fingerprint density at radius 2 is 1.79 bits per heavy atom. The Labute approximate surface area is 176 Å². The number of aliphatic hydroxyl groups is 1. The zero-order chi connectivity index (χ0) is 20.1. The van der Waals surface area contributed by atoms with E-state index >= 15 is 0 Å². The molecule has 0 atom stereocenters. The van der Waals surface area contributed by atoms with E-state index in [1.807, 2.05) is 30.3 Å². The van der Waals surface area contributed by atoms with Crippen molar-refractivity contribution in [1.29, 1.82) is 0 Å². The van der Waals surface area contributed by atoms with Gasteiger partial charge in [0.2, 0.25) is 5.95 Å². The van der Waals surface area contributed by atoms with Crippen molar-refractivity contribution in [2.75, 3.05) is 17.2 Å². The molecule has 2 aromatic carbocycles. The summed E-state index contributed by atoms with van der Waals surface area (Å²) >= 11 is 6.24. The lowest BCUT2D eigenvalue weighted by Gasteiger charge is -2.24. The minimum atomic E-state index is 0.214. The molecule has 0 unspecified atom stereocenters. The van der Waals surface area contributed by atoms with Crippen LogP contribution in [0.1, 0.15) is 44.1 Å². The summed E-state index contributed by atoms with van der Waals surface area (Å²) in [6.07, 6.45) is 7.83. The third-order valence-electron chi connectivity index (χ3n) is 5.44. The third kappa shape index (κ3) is 5.17.